The molecule has 2 rings (SSSR count). The normalized spacial score (nSPS) is 28.8. The van der Waals surface area contributed by atoms with Gasteiger partial charge in [0.1, 0.15) is 0 Å². The van der Waals surface area contributed by atoms with Crippen molar-refractivity contribution in [3.8, 4) is 0 Å². The number of piperidine rings is 2. The van der Waals surface area contributed by atoms with E-state index in [0.29, 0.717) is 6.54 Å². The minimum Gasteiger partial charge on any atom is -0.359 e. The molecule has 2 aliphatic rings. The Hall–Kier alpha value is -1.10. The minimum absolute atomic E-state index is 0.0258. The number of likely N-dealkylation sites (tertiary alicyclic amines) is 1. The van der Waals surface area contributed by atoms with Crippen LogP contribution in [-0.2, 0) is 9.59 Å². The molecule has 0 spiro atoms. The van der Waals surface area contributed by atoms with E-state index in [1.807, 2.05) is 4.90 Å². The summed E-state index contributed by atoms with van der Waals surface area (Å²) in [4.78, 5) is 25.9. The predicted molar refractivity (Wildman–Crippen MR) is 69.0 cm³/mol. The molecule has 2 amide bonds. The van der Waals surface area contributed by atoms with Crippen LogP contribution < -0.4 is 10.6 Å². The molecule has 18 heavy (non-hydrogen) atoms. The van der Waals surface area contributed by atoms with Crippen LogP contribution in [0.15, 0.2) is 0 Å². The molecule has 1 unspecified atom stereocenters. The molecule has 0 aliphatic carbocycles. The van der Waals surface area contributed by atoms with Crippen molar-refractivity contribution in [2.24, 2.45) is 5.92 Å². The second kappa shape index (κ2) is 6.18. The summed E-state index contributed by atoms with van der Waals surface area (Å²) in [6.45, 7) is 2.31. The third-order valence-electron chi connectivity index (χ3n) is 3.96. The Bertz CT molecular complexity index is 313. The van der Waals surface area contributed by atoms with Gasteiger partial charge in [-0.2, -0.15) is 0 Å². The van der Waals surface area contributed by atoms with Crippen molar-refractivity contribution in [3.63, 3.8) is 0 Å². The average Bonchev–Trinajstić information content (AvgIpc) is 2.46. The molecule has 2 N–H and O–H groups in total. The van der Waals surface area contributed by atoms with E-state index in [0.717, 1.165) is 45.2 Å². The third-order valence-corrected chi connectivity index (χ3v) is 3.96. The second-order valence-electron chi connectivity index (χ2n) is 5.24. The van der Waals surface area contributed by atoms with E-state index >= 15 is 0 Å². The van der Waals surface area contributed by atoms with Crippen molar-refractivity contribution in [1.29, 1.82) is 0 Å². The van der Waals surface area contributed by atoms with Crippen LogP contribution in [0.3, 0.4) is 0 Å². The lowest BCUT2D eigenvalue weighted by molar-refractivity contribution is -0.137. The summed E-state index contributed by atoms with van der Waals surface area (Å²) in [5.74, 6) is 0.212. The smallest absolute Gasteiger partial charge is 0.239 e. The summed E-state index contributed by atoms with van der Waals surface area (Å²) < 4.78 is 0. The fourth-order valence-electron chi connectivity index (χ4n) is 2.88. The summed E-state index contributed by atoms with van der Waals surface area (Å²) >= 11 is 0. The number of nitrogens with one attached hydrogen (secondary N) is 2. The standard InChI is InChI=1S/C13H23N3O2/c1-14-12(17)10-5-4-8-16(9-10)13(18)11-6-2-3-7-15-11/h10-11,15H,2-9H2,1H3,(H,14,17)/t10?,11-/m1/s1. The van der Waals surface area contributed by atoms with Gasteiger partial charge in [-0.25, -0.2) is 0 Å². The highest BCUT2D eigenvalue weighted by molar-refractivity contribution is 5.84. The Balaban J connectivity index is 1.91. The van der Waals surface area contributed by atoms with Crippen molar-refractivity contribution >= 4 is 11.8 Å². The first kappa shape index (κ1) is 13.3. The summed E-state index contributed by atoms with van der Waals surface area (Å²) in [6.07, 6.45) is 5.03. The Morgan fingerprint density at radius 1 is 1.22 bits per heavy atom. The molecular weight excluding hydrogens is 230 g/mol. The van der Waals surface area contributed by atoms with Gasteiger partial charge in [-0.1, -0.05) is 6.42 Å². The summed E-state index contributed by atoms with van der Waals surface area (Å²) in [5, 5.41) is 5.96. The van der Waals surface area contributed by atoms with Gasteiger partial charge in [-0.15, -0.1) is 0 Å². The molecule has 2 heterocycles. The van der Waals surface area contributed by atoms with Gasteiger partial charge in [0.2, 0.25) is 11.8 Å². The van der Waals surface area contributed by atoms with E-state index in [1.54, 1.807) is 7.05 Å². The van der Waals surface area contributed by atoms with Crippen molar-refractivity contribution in [3.05, 3.63) is 0 Å². The predicted octanol–water partition coefficient (Wildman–Crippen LogP) is 0.113. The third kappa shape index (κ3) is 3.02. The summed E-state index contributed by atoms with van der Waals surface area (Å²) in [7, 11) is 1.66. The molecule has 2 fully saturated rings. The topological polar surface area (TPSA) is 61.4 Å². The Labute approximate surface area is 108 Å². The van der Waals surface area contributed by atoms with Crippen LogP contribution in [0, 0.1) is 5.92 Å². The largest absolute Gasteiger partial charge is 0.359 e. The van der Waals surface area contributed by atoms with Crippen LogP contribution in [0.1, 0.15) is 32.1 Å². The van der Waals surface area contributed by atoms with Crippen molar-refractivity contribution in [2.45, 2.75) is 38.1 Å². The first-order chi connectivity index (χ1) is 8.72. The highest BCUT2D eigenvalue weighted by Crippen LogP contribution is 2.19. The summed E-state index contributed by atoms with van der Waals surface area (Å²) in [6, 6.07) is -0.0258. The van der Waals surface area contributed by atoms with Gasteiger partial charge in [0.05, 0.1) is 12.0 Å². The quantitative estimate of drug-likeness (QED) is 0.734. The highest BCUT2D eigenvalue weighted by Gasteiger charge is 2.31. The van der Waals surface area contributed by atoms with Gasteiger partial charge in [0.15, 0.2) is 0 Å². The molecule has 0 aromatic rings. The lowest BCUT2D eigenvalue weighted by atomic mass is 9.95. The molecule has 5 heteroatoms. The van der Waals surface area contributed by atoms with Crippen molar-refractivity contribution < 1.29 is 9.59 Å². The van der Waals surface area contributed by atoms with E-state index in [-0.39, 0.29) is 23.8 Å². The van der Waals surface area contributed by atoms with Gasteiger partial charge < -0.3 is 15.5 Å². The molecule has 2 saturated heterocycles. The number of nitrogens with zero attached hydrogens (tertiary/aromatic N) is 1. The van der Waals surface area contributed by atoms with E-state index in [9.17, 15) is 9.59 Å². The molecule has 0 bridgehead atoms. The van der Waals surface area contributed by atoms with Crippen LogP contribution in [0.25, 0.3) is 0 Å². The average molecular weight is 253 g/mol. The minimum atomic E-state index is -0.0312. The van der Waals surface area contributed by atoms with Gasteiger partial charge in [-0.3, -0.25) is 9.59 Å². The zero-order chi connectivity index (χ0) is 13.0. The van der Waals surface area contributed by atoms with Gasteiger partial charge in [-0.05, 0) is 32.2 Å². The zero-order valence-corrected chi connectivity index (χ0v) is 11.1. The molecule has 5 nitrogen and oxygen atoms in total. The molecule has 2 atom stereocenters. The maximum absolute atomic E-state index is 12.3. The number of amides is 2. The Morgan fingerprint density at radius 3 is 2.72 bits per heavy atom. The van der Waals surface area contributed by atoms with Crippen LogP contribution in [-0.4, -0.2) is 49.4 Å². The van der Waals surface area contributed by atoms with E-state index < -0.39 is 0 Å². The number of rotatable bonds is 2. The first-order valence-corrected chi connectivity index (χ1v) is 6.96. The van der Waals surface area contributed by atoms with E-state index in [4.69, 9.17) is 0 Å². The molecule has 102 valence electrons. The van der Waals surface area contributed by atoms with Crippen LogP contribution in [0.5, 0.6) is 0 Å². The van der Waals surface area contributed by atoms with Gasteiger partial charge >= 0.3 is 0 Å². The van der Waals surface area contributed by atoms with Crippen LogP contribution >= 0.6 is 0 Å². The van der Waals surface area contributed by atoms with E-state index in [2.05, 4.69) is 10.6 Å². The van der Waals surface area contributed by atoms with Gasteiger partial charge in [0, 0.05) is 20.1 Å². The lowest BCUT2D eigenvalue weighted by Gasteiger charge is -2.35. The van der Waals surface area contributed by atoms with Crippen molar-refractivity contribution in [1.82, 2.24) is 15.5 Å². The molecule has 0 aromatic carbocycles. The summed E-state index contributed by atoms with van der Waals surface area (Å²) in [5.41, 5.74) is 0. The number of carbonyl (C=O) groups excluding carboxylic acids is 2. The highest BCUT2D eigenvalue weighted by atomic mass is 16.2. The molecular formula is C13H23N3O2. The van der Waals surface area contributed by atoms with E-state index in [1.165, 1.54) is 0 Å². The monoisotopic (exact) mass is 253 g/mol. The number of hydrogen-bond acceptors (Lipinski definition) is 3. The fraction of sp³-hybridized carbons (Fsp3) is 0.846. The number of carbonyl (C=O) groups is 2. The zero-order valence-electron chi connectivity index (χ0n) is 11.1. The lowest BCUT2D eigenvalue weighted by Crippen LogP contribution is -2.52. The van der Waals surface area contributed by atoms with Crippen LogP contribution in [0.4, 0.5) is 0 Å². The maximum Gasteiger partial charge on any atom is 0.239 e. The molecule has 2 aliphatic heterocycles. The SMILES string of the molecule is CNC(=O)C1CCCN(C(=O)[C@H]2CCCCN2)C1. The fourth-order valence-corrected chi connectivity index (χ4v) is 2.88. The van der Waals surface area contributed by atoms with Crippen LogP contribution in [0.2, 0.25) is 0 Å². The van der Waals surface area contributed by atoms with Crippen molar-refractivity contribution in [2.75, 3.05) is 26.7 Å². The molecule has 0 radical (unpaired) electrons. The maximum atomic E-state index is 12.3. The first-order valence-electron chi connectivity index (χ1n) is 6.96. The molecule has 0 saturated carbocycles. The Morgan fingerprint density at radius 2 is 2.06 bits per heavy atom. The Kier molecular flexibility index (Phi) is 4.58. The molecule has 0 aromatic heterocycles. The number of hydrogen-bond donors (Lipinski definition) is 2. The second-order valence-corrected chi connectivity index (χ2v) is 5.24. The van der Waals surface area contributed by atoms with Gasteiger partial charge in [0.25, 0.3) is 0 Å².